The lowest BCUT2D eigenvalue weighted by molar-refractivity contribution is -0.0162. The van der Waals surface area contributed by atoms with Crippen LogP contribution in [0.25, 0.3) is 33.3 Å². The Labute approximate surface area is 218 Å². The summed E-state index contributed by atoms with van der Waals surface area (Å²) in [5, 5.41) is 5.06. The monoisotopic (exact) mass is 515 g/mol. The molecule has 4 heterocycles. The summed E-state index contributed by atoms with van der Waals surface area (Å²) in [6.45, 7) is 5.65. The molecule has 2 aliphatic rings. The Bertz CT molecular complexity index is 1600. The molecule has 188 valence electrons. The fourth-order valence-electron chi connectivity index (χ4n) is 5.24. The lowest BCUT2D eigenvalue weighted by atomic mass is 9.85. The van der Waals surface area contributed by atoms with Gasteiger partial charge in [0.1, 0.15) is 27.9 Å². The van der Waals surface area contributed by atoms with Crippen LogP contribution in [0.5, 0.6) is 11.5 Å². The highest BCUT2D eigenvalue weighted by Gasteiger charge is 2.35. The van der Waals surface area contributed by atoms with E-state index in [0.29, 0.717) is 39.6 Å². The number of hydrogen-bond donors (Lipinski definition) is 1. The number of ether oxygens (including phenoxy) is 2. The molecule has 0 bridgehead atoms. The van der Waals surface area contributed by atoms with Crippen molar-refractivity contribution in [2.75, 3.05) is 26.3 Å². The van der Waals surface area contributed by atoms with Gasteiger partial charge in [0.05, 0.1) is 53.9 Å². The van der Waals surface area contributed by atoms with E-state index in [1.54, 1.807) is 6.20 Å². The molecule has 7 rings (SSSR count). The molecule has 1 aliphatic carbocycles. The van der Waals surface area contributed by atoms with Crippen molar-refractivity contribution in [3.05, 3.63) is 59.8 Å². The van der Waals surface area contributed by atoms with Crippen LogP contribution >= 0.6 is 11.6 Å². The molecule has 0 unspecified atom stereocenters. The number of nitrogens with zero attached hydrogens (tertiary/aromatic N) is 6. The summed E-state index contributed by atoms with van der Waals surface area (Å²) in [6.07, 6.45) is 7.91. The molecule has 5 aromatic rings. The van der Waals surface area contributed by atoms with Crippen LogP contribution in [0, 0.1) is 6.92 Å². The van der Waals surface area contributed by atoms with Crippen molar-refractivity contribution < 1.29 is 9.47 Å². The predicted molar refractivity (Wildman–Crippen MR) is 141 cm³/mol. The molecule has 0 spiro atoms. The molecular formula is C27H26ClN7O2. The molecule has 0 radical (unpaired) electrons. The summed E-state index contributed by atoms with van der Waals surface area (Å²) in [7, 11) is 0. The largest absolute Gasteiger partial charge is 0.456 e. The van der Waals surface area contributed by atoms with Crippen LogP contribution in [-0.4, -0.2) is 67.0 Å². The van der Waals surface area contributed by atoms with E-state index in [2.05, 4.69) is 35.8 Å². The number of fused-ring (bicyclic) bond motifs is 2. The van der Waals surface area contributed by atoms with Crippen LogP contribution in [0.2, 0.25) is 5.02 Å². The number of nitrogens with one attached hydrogen (secondary N) is 1. The summed E-state index contributed by atoms with van der Waals surface area (Å²) in [5.41, 5.74) is 4.76. The smallest absolute Gasteiger partial charge is 0.148 e. The summed E-state index contributed by atoms with van der Waals surface area (Å²) in [5.74, 6) is 2.05. The number of morpholine rings is 1. The lowest BCUT2D eigenvalue weighted by Crippen LogP contribution is -2.50. The van der Waals surface area contributed by atoms with E-state index in [0.717, 1.165) is 67.3 Å². The van der Waals surface area contributed by atoms with Gasteiger partial charge in [0.15, 0.2) is 0 Å². The van der Waals surface area contributed by atoms with Crippen molar-refractivity contribution in [3.63, 3.8) is 0 Å². The van der Waals surface area contributed by atoms with E-state index in [4.69, 9.17) is 26.1 Å². The zero-order chi connectivity index (χ0) is 24.9. The normalized spacial score (nSPS) is 20.4. The van der Waals surface area contributed by atoms with Gasteiger partial charge in [0, 0.05) is 37.0 Å². The number of rotatable bonds is 5. The quantitative estimate of drug-likeness (QED) is 0.345. The first-order valence-corrected chi connectivity index (χ1v) is 12.9. The molecule has 9 nitrogen and oxygen atoms in total. The third kappa shape index (κ3) is 4.22. The van der Waals surface area contributed by atoms with Crippen molar-refractivity contribution in [2.45, 2.75) is 31.8 Å². The van der Waals surface area contributed by atoms with Gasteiger partial charge in [-0.15, -0.1) is 0 Å². The Balaban J connectivity index is 1.11. The topological polar surface area (TPSA) is 94.0 Å². The van der Waals surface area contributed by atoms with Gasteiger partial charge in [-0.3, -0.25) is 14.6 Å². The number of aromatic nitrogens is 6. The van der Waals surface area contributed by atoms with Gasteiger partial charge in [-0.1, -0.05) is 11.6 Å². The van der Waals surface area contributed by atoms with Crippen LogP contribution in [0.4, 0.5) is 0 Å². The summed E-state index contributed by atoms with van der Waals surface area (Å²) < 4.78 is 13.7. The molecule has 10 heteroatoms. The fourth-order valence-corrected chi connectivity index (χ4v) is 5.48. The molecule has 1 saturated heterocycles. The number of benzene rings is 2. The molecule has 3 aromatic heterocycles. The number of hydrogen-bond acceptors (Lipinski definition) is 7. The second kappa shape index (κ2) is 9.09. The maximum Gasteiger partial charge on any atom is 0.148 e. The number of H-pyrrole nitrogens is 1. The minimum absolute atomic E-state index is 0.412. The molecule has 1 N–H and O–H groups in total. The molecule has 0 atom stereocenters. The van der Waals surface area contributed by atoms with Gasteiger partial charge in [-0.2, -0.15) is 5.10 Å². The highest BCUT2D eigenvalue weighted by molar-refractivity contribution is 6.36. The van der Waals surface area contributed by atoms with Crippen molar-refractivity contribution in [3.8, 4) is 22.8 Å². The molecule has 0 amide bonds. The zero-order valence-electron chi connectivity index (χ0n) is 20.4. The number of imidazole rings is 1. The number of aryl methyl sites for hydroxylation is 1. The van der Waals surface area contributed by atoms with Crippen molar-refractivity contribution >= 4 is 33.7 Å². The van der Waals surface area contributed by atoms with Crippen LogP contribution in [0.15, 0.2) is 48.9 Å². The minimum Gasteiger partial charge on any atom is -0.456 e. The van der Waals surface area contributed by atoms with E-state index in [9.17, 15) is 0 Å². The average molecular weight is 516 g/mol. The van der Waals surface area contributed by atoms with Gasteiger partial charge in [-0.05, 0) is 44.0 Å². The van der Waals surface area contributed by atoms with E-state index in [1.165, 1.54) is 0 Å². The Morgan fingerprint density at radius 2 is 1.86 bits per heavy atom. The Morgan fingerprint density at radius 1 is 1.03 bits per heavy atom. The Kier molecular flexibility index (Phi) is 5.57. The third-order valence-electron chi connectivity index (χ3n) is 7.34. The summed E-state index contributed by atoms with van der Waals surface area (Å²) in [6, 6.07) is 10.4. The second-order valence-electron chi connectivity index (χ2n) is 9.74. The first-order valence-electron chi connectivity index (χ1n) is 12.6. The van der Waals surface area contributed by atoms with Crippen molar-refractivity contribution in [1.29, 1.82) is 0 Å². The molecule has 1 saturated carbocycles. The molecular weight excluding hydrogens is 490 g/mol. The van der Waals surface area contributed by atoms with Gasteiger partial charge in [-0.25, -0.2) is 9.97 Å². The Morgan fingerprint density at radius 3 is 2.73 bits per heavy atom. The number of aromatic amines is 1. The minimum atomic E-state index is 0.412. The first kappa shape index (κ1) is 22.7. The zero-order valence-corrected chi connectivity index (χ0v) is 21.1. The van der Waals surface area contributed by atoms with E-state index in [1.807, 2.05) is 43.5 Å². The van der Waals surface area contributed by atoms with Crippen LogP contribution < -0.4 is 4.74 Å². The predicted octanol–water partition coefficient (Wildman–Crippen LogP) is 5.16. The van der Waals surface area contributed by atoms with Crippen LogP contribution in [0.3, 0.4) is 0 Å². The molecule has 1 aliphatic heterocycles. The fraction of sp³-hybridized carbons (Fsp3) is 0.333. The summed E-state index contributed by atoms with van der Waals surface area (Å²) in [4.78, 5) is 19.6. The average Bonchev–Trinajstić information content (AvgIpc) is 3.51. The highest BCUT2D eigenvalue weighted by atomic mass is 35.5. The van der Waals surface area contributed by atoms with Crippen LogP contribution in [-0.2, 0) is 4.74 Å². The first-order chi connectivity index (χ1) is 18.1. The van der Waals surface area contributed by atoms with Crippen molar-refractivity contribution in [2.24, 2.45) is 0 Å². The van der Waals surface area contributed by atoms with Gasteiger partial charge < -0.3 is 14.5 Å². The molecule has 37 heavy (non-hydrogen) atoms. The second-order valence-corrected chi connectivity index (χ2v) is 10.1. The van der Waals surface area contributed by atoms with Gasteiger partial charge >= 0.3 is 0 Å². The Hall–Kier alpha value is -3.53. The van der Waals surface area contributed by atoms with Gasteiger partial charge in [0.25, 0.3) is 0 Å². The SMILES string of the molecule is Cc1nc2ccc(Oc3ccc4ncc(-c5cnn([C@H]6C[C@@H](N7CCOCC7)C6)c5)nc4c3Cl)cc2[nH]1. The van der Waals surface area contributed by atoms with E-state index < -0.39 is 0 Å². The van der Waals surface area contributed by atoms with E-state index in [-0.39, 0.29) is 0 Å². The highest BCUT2D eigenvalue weighted by Crippen LogP contribution is 2.38. The summed E-state index contributed by atoms with van der Waals surface area (Å²) >= 11 is 6.77. The lowest BCUT2D eigenvalue weighted by Gasteiger charge is -2.44. The molecule has 2 fully saturated rings. The van der Waals surface area contributed by atoms with Crippen molar-refractivity contribution in [1.82, 2.24) is 34.6 Å². The standard InChI is InChI=1S/C27H26ClN7O2/c1-16-31-21-3-2-20(12-23(21)32-16)37-25-5-4-22-27(26(25)28)33-24(14-29-22)17-13-30-35(15-17)19-10-18(11-19)34-6-8-36-9-7-34/h2-5,12-15,18-19H,6-11H2,1H3,(H,31,32)/t18-,19+. The maximum atomic E-state index is 6.77. The maximum absolute atomic E-state index is 6.77. The van der Waals surface area contributed by atoms with Crippen LogP contribution in [0.1, 0.15) is 24.7 Å². The molecule has 2 aromatic carbocycles. The third-order valence-corrected chi connectivity index (χ3v) is 7.70. The number of halogens is 1. The van der Waals surface area contributed by atoms with Gasteiger partial charge in [0.2, 0.25) is 0 Å². The van der Waals surface area contributed by atoms with E-state index >= 15 is 0 Å².